The minimum absolute atomic E-state index is 0.00894. The van der Waals surface area contributed by atoms with E-state index in [4.69, 9.17) is 0 Å². The maximum atomic E-state index is 12.9. The van der Waals surface area contributed by atoms with Crippen molar-refractivity contribution in [2.24, 2.45) is 0 Å². The lowest BCUT2D eigenvalue weighted by Crippen LogP contribution is -2.31. The number of H-pyrrole nitrogens is 1. The fourth-order valence-electron chi connectivity index (χ4n) is 3.87. The number of nitrogens with one attached hydrogen (secondary N) is 2. The third-order valence-electron chi connectivity index (χ3n) is 5.14. The van der Waals surface area contributed by atoms with Crippen LogP contribution in [0.4, 0.5) is 0 Å². The summed E-state index contributed by atoms with van der Waals surface area (Å²) in [6.07, 6.45) is 4.54. The summed E-state index contributed by atoms with van der Waals surface area (Å²) in [6, 6.07) is 15.6. The molecular weight excluding hydrogens is 340 g/mol. The van der Waals surface area contributed by atoms with Crippen LogP contribution in [0.15, 0.2) is 54.9 Å². The van der Waals surface area contributed by atoms with E-state index in [-0.39, 0.29) is 11.9 Å². The Labute approximate surface area is 155 Å². The van der Waals surface area contributed by atoms with Crippen molar-refractivity contribution in [2.75, 3.05) is 0 Å². The first-order chi connectivity index (χ1) is 13.3. The van der Waals surface area contributed by atoms with Gasteiger partial charge in [0.15, 0.2) is 0 Å². The second kappa shape index (κ2) is 6.35. The second-order valence-corrected chi connectivity index (χ2v) is 6.79. The number of aryl methyl sites for hydroxylation is 1. The van der Waals surface area contributed by atoms with E-state index in [2.05, 4.69) is 44.0 Å². The number of aromatic nitrogens is 5. The Morgan fingerprint density at radius 2 is 2.11 bits per heavy atom. The Hall–Kier alpha value is -3.48. The summed E-state index contributed by atoms with van der Waals surface area (Å²) in [6.45, 7) is 0. The number of carbonyl (C=O) groups is 1. The molecule has 2 aromatic heterocycles. The molecule has 4 aromatic rings. The minimum Gasteiger partial charge on any atom is -0.356 e. The summed E-state index contributed by atoms with van der Waals surface area (Å²) in [5.74, 6) is -0.0959. The molecule has 0 saturated heterocycles. The van der Waals surface area contributed by atoms with Crippen LogP contribution < -0.4 is 5.32 Å². The summed E-state index contributed by atoms with van der Waals surface area (Å²) in [4.78, 5) is 16.4. The predicted octanol–water partition coefficient (Wildman–Crippen LogP) is 2.95. The monoisotopic (exact) mass is 358 g/mol. The third kappa shape index (κ3) is 2.77. The van der Waals surface area contributed by atoms with Crippen molar-refractivity contribution >= 4 is 16.8 Å². The average molecular weight is 358 g/mol. The molecule has 2 aromatic carbocycles. The van der Waals surface area contributed by atoms with Crippen molar-refractivity contribution in [2.45, 2.75) is 25.3 Å². The lowest BCUT2D eigenvalue weighted by atomic mass is 9.91. The van der Waals surface area contributed by atoms with E-state index < -0.39 is 0 Å². The number of benzene rings is 2. The third-order valence-corrected chi connectivity index (χ3v) is 5.14. The van der Waals surface area contributed by atoms with E-state index in [9.17, 15) is 4.79 Å². The Balaban J connectivity index is 1.43. The Morgan fingerprint density at radius 1 is 1.19 bits per heavy atom. The fraction of sp³-hybridized carbons (Fsp3) is 0.200. The Bertz CT molecular complexity index is 1110. The number of hydrogen-bond donors (Lipinski definition) is 2. The fourth-order valence-corrected chi connectivity index (χ4v) is 3.87. The number of rotatable bonds is 3. The van der Waals surface area contributed by atoms with Gasteiger partial charge in [0, 0.05) is 22.2 Å². The highest BCUT2D eigenvalue weighted by Crippen LogP contribution is 2.34. The maximum absolute atomic E-state index is 12.9. The van der Waals surface area contributed by atoms with Crippen LogP contribution in [0.25, 0.3) is 16.6 Å². The van der Waals surface area contributed by atoms with Crippen molar-refractivity contribution in [3.63, 3.8) is 0 Å². The molecule has 0 saturated carbocycles. The van der Waals surface area contributed by atoms with Gasteiger partial charge in [0.05, 0.1) is 11.7 Å². The molecule has 7 nitrogen and oxygen atoms in total. The molecular formula is C20H18N6O. The highest BCUT2D eigenvalue weighted by atomic mass is 16.1. The van der Waals surface area contributed by atoms with Gasteiger partial charge in [-0.15, -0.1) is 5.10 Å². The van der Waals surface area contributed by atoms with E-state index in [1.807, 2.05) is 18.2 Å². The normalized spacial score (nSPS) is 16.2. The number of fused-ring (bicyclic) bond motifs is 3. The van der Waals surface area contributed by atoms with Crippen molar-refractivity contribution in [3.8, 4) is 5.69 Å². The zero-order valence-corrected chi connectivity index (χ0v) is 14.6. The van der Waals surface area contributed by atoms with E-state index >= 15 is 0 Å². The van der Waals surface area contributed by atoms with Crippen LogP contribution in [-0.4, -0.2) is 31.1 Å². The van der Waals surface area contributed by atoms with Gasteiger partial charge < -0.3 is 10.3 Å². The minimum atomic E-state index is -0.0959. The van der Waals surface area contributed by atoms with Crippen molar-refractivity contribution in [1.29, 1.82) is 0 Å². The summed E-state index contributed by atoms with van der Waals surface area (Å²) in [5.41, 5.74) is 4.93. The van der Waals surface area contributed by atoms with Crippen LogP contribution in [0.5, 0.6) is 0 Å². The first kappa shape index (κ1) is 15.7. The smallest absolute Gasteiger partial charge is 0.251 e. The Morgan fingerprint density at radius 3 is 3.00 bits per heavy atom. The first-order valence-corrected chi connectivity index (χ1v) is 9.03. The molecule has 0 unspecified atom stereocenters. The van der Waals surface area contributed by atoms with Gasteiger partial charge in [0.25, 0.3) is 5.91 Å². The SMILES string of the molecule is O=C(N[C@@H]1CCCc2c1[nH]c1ccccc21)c1cccc(-n2cnnn2)c1. The largest absolute Gasteiger partial charge is 0.356 e. The van der Waals surface area contributed by atoms with Crippen molar-refractivity contribution in [3.05, 3.63) is 71.7 Å². The number of nitrogens with zero attached hydrogens (tertiary/aromatic N) is 4. The van der Waals surface area contributed by atoms with E-state index in [1.54, 1.807) is 12.1 Å². The number of aromatic amines is 1. The number of carbonyl (C=O) groups excluding carboxylic acids is 1. The number of hydrogen-bond acceptors (Lipinski definition) is 4. The molecule has 0 radical (unpaired) electrons. The van der Waals surface area contributed by atoms with Gasteiger partial charge in [-0.2, -0.15) is 0 Å². The summed E-state index contributed by atoms with van der Waals surface area (Å²) < 4.78 is 1.53. The van der Waals surface area contributed by atoms with Crippen molar-refractivity contribution in [1.82, 2.24) is 30.5 Å². The summed E-state index contributed by atoms with van der Waals surface area (Å²) >= 11 is 0. The average Bonchev–Trinajstić information content (AvgIpc) is 3.37. The zero-order valence-electron chi connectivity index (χ0n) is 14.6. The van der Waals surface area contributed by atoms with Gasteiger partial charge in [0.1, 0.15) is 6.33 Å². The molecule has 5 rings (SSSR count). The van der Waals surface area contributed by atoms with E-state index in [1.165, 1.54) is 22.0 Å². The molecule has 1 amide bonds. The highest BCUT2D eigenvalue weighted by Gasteiger charge is 2.25. The lowest BCUT2D eigenvalue weighted by molar-refractivity contribution is 0.0932. The summed E-state index contributed by atoms with van der Waals surface area (Å²) in [5, 5.41) is 15.6. The molecule has 7 heteroatoms. The van der Waals surface area contributed by atoms with Crippen LogP contribution in [0, 0.1) is 0 Å². The molecule has 0 fully saturated rings. The van der Waals surface area contributed by atoms with Gasteiger partial charge in [-0.05, 0) is 59.5 Å². The zero-order chi connectivity index (χ0) is 18.2. The Kier molecular flexibility index (Phi) is 3.71. The van der Waals surface area contributed by atoms with Gasteiger partial charge >= 0.3 is 0 Å². The number of para-hydroxylation sites is 1. The van der Waals surface area contributed by atoms with Gasteiger partial charge in [0.2, 0.25) is 0 Å². The quantitative estimate of drug-likeness (QED) is 0.589. The first-order valence-electron chi connectivity index (χ1n) is 9.03. The molecule has 2 heterocycles. The van der Waals surface area contributed by atoms with Crippen LogP contribution in [0.3, 0.4) is 0 Å². The topological polar surface area (TPSA) is 88.5 Å². The van der Waals surface area contributed by atoms with Crippen LogP contribution >= 0.6 is 0 Å². The number of tetrazole rings is 1. The maximum Gasteiger partial charge on any atom is 0.251 e. The molecule has 27 heavy (non-hydrogen) atoms. The molecule has 0 aliphatic heterocycles. The van der Waals surface area contributed by atoms with Crippen LogP contribution in [-0.2, 0) is 6.42 Å². The van der Waals surface area contributed by atoms with Gasteiger partial charge in [-0.25, -0.2) is 4.68 Å². The molecule has 134 valence electrons. The standard InChI is InChI=1S/C20H18N6O/c27-20(13-5-3-6-14(11-13)26-12-21-24-25-26)23-18-10-4-8-16-15-7-1-2-9-17(15)22-19(16)18/h1-3,5-7,9,11-12,18,22H,4,8,10H2,(H,23,27)/t18-/m1/s1. The highest BCUT2D eigenvalue weighted by molar-refractivity contribution is 5.95. The molecule has 2 N–H and O–H groups in total. The lowest BCUT2D eigenvalue weighted by Gasteiger charge is -2.24. The van der Waals surface area contributed by atoms with Crippen LogP contribution in [0.1, 0.15) is 40.5 Å². The van der Waals surface area contributed by atoms with E-state index in [0.29, 0.717) is 5.56 Å². The molecule has 0 bridgehead atoms. The molecule has 0 spiro atoms. The molecule has 1 aliphatic rings. The molecule has 1 atom stereocenters. The van der Waals surface area contributed by atoms with Crippen molar-refractivity contribution < 1.29 is 4.79 Å². The number of amides is 1. The van der Waals surface area contributed by atoms with Gasteiger partial charge in [-0.1, -0.05) is 24.3 Å². The van der Waals surface area contributed by atoms with Gasteiger partial charge in [-0.3, -0.25) is 4.79 Å². The summed E-state index contributed by atoms with van der Waals surface area (Å²) in [7, 11) is 0. The molecule has 1 aliphatic carbocycles. The predicted molar refractivity (Wildman–Crippen MR) is 101 cm³/mol. The van der Waals surface area contributed by atoms with E-state index in [0.717, 1.165) is 36.2 Å². The second-order valence-electron chi connectivity index (χ2n) is 6.79. The van der Waals surface area contributed by atoms with Crippen LogP contribution in [0.2, 0.25) is 0 Å².